The van der Waals surface area contributed by atoms with E-state index in [9.17, 15) is 9.59 Å². The quantitative estimate of drug-likeness (QED) is 0.310. The molecule has 2 heterocycles. The van der Waals surface area contributed by atoms with E-state index in [2.05, 4.69) is 9.97 Å². The molecule has 5 aromatic rings. The highest BCUT2D eigenvalue weighted by molar-refractivity contribution is 7.26. The number of aromatic amines is 2. The van der Waals surface area contributed by atoms with Crippen LogP contribution in [0, 0.1) is 0 Å². The van der Waals surface area contributed by atoms with Crippen LogP contribution in [0.25, 0.3) is 40.9 Å². The maximum absolute atomic E-state index is 13.7. The molecule has 188 valence electrons. The standard InChI is InChI=1S/C24H22N2O8S2/c1-29-11-7-9-21(19(33-5)17(11)31-3)35-23-13(25-9)15(27)24-14(16(23)28)26-10-8-12(30-2)18(32-4)20(34-6)22(10)36-24/h7-8,25-26H,1-6H3. The molecule has 0 bridgehead atoms. The number of fused-ring (bicyclic) bond motifs is 4. The first-order valence-electron chi connectivity index (χ1n) is 10.6. The van der Waals surface area contributed by atoms with Gasteiger partial charge in [0.25, 0.3) is 0 Å². The van der Waals surface area contributed by atoms with Crippen LogP contribution in [0.3, 0.4) is 0 Å². The third-order valence-electron chi connectivity index (χ3n) is 5.82. The second-order valence-corrected chi connectivity index (χ2v) is 9.61. The molecule has 0 atom stereocenters. The summed E-state index contributed by atoms with van der Waals surface area (Å²) in [6.07, 6.45) is 0. The van der Waals surface area contributed by atoms with Gasteiger partial charge in [-0.1, -0.05) is 0 Å². The van der Waals surface area contributed by atoms with Gasteiger partial charge in [0.2, 0.25) is 22.4 Å². The molecule has 0 aliphatic heterocycles. The van der Waals surface area contributed by atoms with Gasteiger partial charge in [0.1, 0.15) is 20.4 Å². The van der Waals surface area contributed by atoms with Crippen LogP contribution < -0.4 is 39.3 Å². The molecular weight excluding hydrogens is 508 g/mol. The van der Waals surface area contributed by atoms with Crippen molar-refractivity contribution in [2.45, 2.75) is 0 Å². The molecule has 36 heavy (non-hydrogen) atoms. The van der Waals surface area contributed by atoms with E-state index in [0.717, 1.165) is 22.7 Å². The summed E-state index contributed by atoms with van der Waals surface area (Å²) < 4.78 is 34.7. The van der Waals surface area contributed by atoms with E-state index >= 15 is 0 Å². The summed E-state index contributed by atoms with van der Waals surface area (Å²) in [5.74, 6) is 2.42. The highest BCUT2D eigenvalue weighted by Crippen LogP contribution is 2.46. The Labute approximate surface area is 211 Å². The zero-order valence-corrected chi connectivity index (χ0v) is 21.9. The molecule has 3 aromatic carbocycles. The lowest BCUT2D eigenvalue weighted by atomic mass is 10.2. The summed E-state index contributed by atoms with van der Waals surface area (Å²) in [6.45, 7) is 0. The van der Waals surface area contributed by atoms with Crippen LogP contribution in [0.4, 0.5) is 0 Å². The largest absolute Gasteiger partial charge is 0.493 e. The van der Waals surface area contributed by atoms with Crippen molar-refractivity contribution in [3.63, 3.8) is 0 Å². The second kappa shape index (κ2) is 8.95. The van der Waals surface area contributed by atoms with Gasteiger partial charge in [-0.25, -0.2) is 0 Å². The van der Waals surface area contributed by atoms with Gasteiger partial charge in [-0.3, -0.25) is 9.59 Å². The average molecular weight is 531 g/mol. The van der Waals surface area contributed by atoms with Gasteiger partial charge >= 0.3 is 0 Å². The fraction of sp³-hybridized carbons (Fsp3) is 0.250. The molecule has 0 fully saturated rings. The molecule has 12 heteroatoms. The first-order valence-corrected chi connectivity index (χ1v) is 12.2. The number of hydrogen-bond acceptors (Lipinski definition) is 10. The van der Waals surface area contributed by atoms with E-state index in [1.54, 1.807) is 12.1 Å². The number of ether oxygens (including phenoxy) is 6. The minimum Gasteiger partial charge on any atom is -0.493 e. The fourth-order valence-electron chi connectivity index (χ4n) is 4.20. The molecule has 0 saturated carbocycles. The van der Waals surface area contributed by atoms with E-state index in [0.29, 0.717) is 54.9 Å². The maximum Gasteiger partial charge on any atom is 0.222 e. The highest BCUT2D eigenvalue weighted by atomic mass is 32.1. The Morgan fingerprint density at radius 2 is 0.889 bits per heavy atom. The van der Waals surface area contributed by atoms with E-state index < -0.39 is 0 Å². The SMILES string of the molecule is COc1cc2[nH]c3c(=O)c4sc5c(OC)c(OC)c(OC)cc5[nH]c4c(=O)c3sc2c(OC)c1OC. The van der Waals surface area contributed by atoms with Crippen LogP contribution >= 0.6 is 22.7 Å². The average Bonchev–Trinajstić information content (AvgIpc) is 2.91. The zero-order chi connectivity index (χ0) is 25.7. The topological polar surface area (TPSA) is 121 Å². The number of rotatable bonds is 6. The molecule has 0 amide bonds. The fourth-order valence-corrected chi connectivity index (χ4v) is 6.47. The molecular formula is C24H22N2O8S2. The Hall–Kier alpha value is -3.90. The van der Waals surface area contributed by atoms with E-state index in [-0.39, 0.29) is 31.3 Å². The van der Waals surface area contributed by atoms with Gasteiger partial charge in [0, 0.05) is 12.1 Å². The molecule has 0 saturated heterocycles. The van der Waals surface area contributed by atoms with E-state index in [1.807, 2.05) is 0 Å². The summed E-state index contributed by atoms with van der Waals surface area (Å²) in [5.41, 5.74) is 0.844. The zero-order valence-electron chi connectivity index (χ0n) is 20.2. The minimum atomic E-state index is -0.327. The van der Waals surface area contributed by atoms with Crippen LogP contribution in [-0.2, 0) is 0 Å². The minimum absolute atomic E-state index is 0.183. The molecule has 2 N–H and O–H groups in total. The van der Waals surface area contributed by atoms with Gasteiger partial charge in [0.15, 0.2) is 23.0 Å². The Bertz CT molecular complexity index is 1680. The Morgan fingerprint density at radius 1 is 0.528 bits per heavy atom. The van der Waals surface area contributed by atoms with Crippen molar-refractivity contribution in [2.24, 2.45) is 0 Å². The molecule has 0 spiro atoms. The van der Waals surface area contributed by atoms with Gasteiger partial charge < -0.3 is 38.4 Å². The Kier molecular flexibility index (Phi) is 5.92. The molecule has 0 radical (unpaired) electrons. The molecule has 0 unspecified atom stereocenters. The van der Waals surface area contributed by atoms with Crippen molar-refractivity contribution in [2.75, 3.05) is 42.7 Å². The first kappa shape index (κ1) is 23.8. The van der Waals surface area contributed by atoms with Crippen molar-refractivity contribution in [1.29, 1.82) is 0 Å². The number of aromatic nitrogens is 2. The summed E-state index contributed by atoms with van der Waals surface area (Å²) >= 11 is 2.29. The third-order valence-corrected chi connectivity index (χ3v) is 8.22. The molecule has 5 rings (SSSR count). The highest BCUT2D eigenvalue weighted by Gasteiger charge is 2.23. The molecule has 0 aliphatic rings. The first-order chi connectivity index (χ1) is 17.4. The number of hydrogen-bond donors (Lipinski definition) is 2. The third kappa shape index (κ3) is 3.28. The van der Waals surface area contributed by atoms with Gasteiger partial charge in [-0.05, 0) is 0 Å². The summed E-state index contributed by atoms with van der Waals surface area (Å²) in [6, 6.07) is 3.41. The maximum atomic E-state index is 13.7. The molecule has 2 aromatic heterocycles. The normalized spacial score (nSPS) is 11.3. The number of benzene rings is 3. The van der Waals surface area contributed by atoms with Crippen LogP contribution in [0.2, 0.25) is 0 Å². The van der Waals surface area contributed by atoms with Gasteiger partial charge in [0.05, 0.1) is 63.1 Å². The molecule has 0 aliphatic carbocycles. The smallest absolute Gasteiger partial charge is 0.222 e. The Balaban J connectivity index is 1.96. The van der Waals surface area contributed by atoms with Crippen LogP contribution in [0.5, 0.6) is 34.5 Å². The van der Waals surface area contributed by atoms with E-state index in [4.69, 9.17) is 28.4 Å². The van der Waals surface area contributed by atoms with Crippen LogP contribution in [0.1, 0.15) is 0 Å². The predicted molar refractivity (Wildman–Crippen MR) is 142 cm³/mol. The monoisotopic (exact) mass is 530 g/mol. The molecule has 10 nitrogen and oxygen atoms in total. The lowest BCUT2D eigenvalue weighted by Gasteiger charge is -2.15. The van der Waals surface area contributed by atoms with E-state index in [1.165, 1.54) is 42.7 Å². The number of H-pyrrole nitrogens is 2. The van der Waals surface area contributed by atoms with Crippen LogP contribution in [0.15, 0.2) is 21.7 Å². The van der Waals surface area contributed by atoms with Crippen molar-refractivity contribution in [3.05, 3.63) is 32.6 Å². The summed E-state index contributed by atoms with van der Waals surface area (Å²) in [4.78, 5) is 33.6. The second-order valence-electron chi connectivity index (χ2n) is 7.56. The van der Waals surface area contributed by atoms with Crippen molar-refractivity contribution in [1.82, 2.24) is 9.97 Å². The Morgan fingerprint density at radius 3 is 1.19 bits per heavy atom. The number of nitrogens with one attached hydrogen (secondary N) is 2. The van der Waals surface area contributed by atoms with Crippen molar-refractivity contribution in [3.8, 4) is 34.5 Å². The lowest BCUT2D eigenvalue weighted by molar-refractivity contribution is 0.327. The number of methoxy groups -OCH3 is 6. The van der Waals surface area contributed by atoms with Crippen molar-refractivity contribution >= 4 is 63.5 Å². The van der Waals surface area contributed by atoms with Crippen LogP contribution in [-0.4, -0.2) is 52.6 Å². The van der Waals surface area contributed by atoms with Gasteiger partial charge in [-0.15, -0.1) is 22.7 Å². The van der Waals surface area contributed by atoms with Crippen molar-refractivity contribution < 1.29 is 28.4 Å². The predicted octanol–water partition coefficient (Wildman–Crippen LogP) is 4.41. The summed E-state index contributed by atoms with van der Waals surface area (Å²) in [5, 5.41) is 0. The summed E-state index contributed by atoms with van der Waals surface area (Å²) in [7, 11) is 9.03. The lowest BCUT2D eigenvalue weighted by Crippen LogP contribution is -2.14. The van der Waals surface area contributed by atoms with Gasteiger partial charge in [-0.2, -0.15) is 0 Å².